The molecule has 4 fully saturated rings. The Labute approximate surface area is 280 Å². The number of aliphatic hydroxyl groups excluding tert-OH is 7. The molecular formula is C32H42O17. The molecule has 49 heavy (non-hydrogen) atoms. The number of benzene rings is 1. The minimum absolute atomic E-state index is 0.464. The summed E-state index contributed by atoms with van der Waals surface area (Å²) in [6.45, 7) is 0.406. The van der Waals surface area contributed by atoms with Crippen LogP contribution in [0.2, 0.25) is 0 Å². The molecule has 1 aliphatic carbocycles. The van der Waals surface area contributed by atoms with Crippen LogP contribution in [0.5, 0.6) is 11.5 Å². The molecule has 3 saturated heterocycles. The Morgan fingerprint density at radius 1 is 0.878 bits per heavy atom. The van der Waals surface area contributed by atoms with Crippen LogP contribution < -0.4 is 9.47 Å². The van der Waals surface area contributed by atoms with Crippen LogP contribution in [0.4, 0.5) is 0 Å². The molecule has 4 aliphatic heterocycles. The molecule has 0 amide bonds. The number of methoxy groups -OCH3 is 2. The van der Waals surface area contributed by atoms with Crippen molar-refractivity contribution in [3.05, 3.63) is 42.2 Å². The fourth-order valence-corrected chi connectivity index (χ4v) is 7.04. The third-order valence-electron chi connectivity index (χ3n) is 9.74. The number of rotatable bonds is 11. The minimum Gasteiger partial charge on any atom is -0.493 e. The van der Waals surface area contributed by atoms with Gasteiger partial charge in [-0.1, -0.05) is 6.07 Å². The highest BCUT2D eigenvalue weighted by atomic mass is 16.8. The molecule has 16 unspecified atom stereocenters. The van der Waals surface area contributed by atoms with E-state index in [0.29, 0.717) is 17.1 Å². The number of carbonyl (C=O) groups is 1. The largest absolute Gasteiger partial charge is 0.493 e. The monoisotopic (exact) mass is 698 g/mol. The Morgan fingerprint density at radius 3 is 2.29 bits per heavy atom. The number of carbonyl (C=O) groups excluding carboxylic acids is 1. The maximum Gasteiger partial charge on any atom is 0.331 e. The van der Waals surface area contributed by atoms with Gasteiger partial charge in [-0.2, -0.15) is 0 Å². The first kappa shape index (κ1) is 35.9. The molecule has 1 aromatic carbocycles. The Morgan fingerprint density at radius 2 is 1.59 bits per heavy atom. The number of fused-ring (bicyclic) bond motifs is 3. The second-order valence-electron chi connectivity index (χ2n) is 12.6. The lowest BCUT2D eigenvalue weighted by molar-refractivity contribution is -0.347. The van der Waals surface area contributed by atoms with Gasteiger partial charge in [0.2, 0.25) is 6.29 Å². The molecular weight excluding hydrogens is 656 g/mol. The van der Waals surface area contributed by atoms with E-state index in [2.05, 4.69) is 0 Å². The molecule has 16 atom stereocenters. The van der Waals surface area contributed by atoms with E-state index < -0.39 is 117 Å². The molecule has 5 aliphatic rings. The fourth-order valence-electron chi connectivity index (χ4n) is 7.04. The topological polar surface area (TPSA) is 245 Å². The lowest BCUT2D eigenvalue weighted by atomic mass is 9.85. The zero-order chi connectivity index (χ0) is 35.2. The second-order valence-corrected chi connectivity index (χ2v) is 12.6. The second kappa shape index (κ2) is 14.4. The molecule has 17 heteroatoms. The maximum atomic E-state index is 12.7. The molecule has 6 rings (SSSR count). The van der Waals surface area contributed by atoms with E-state index in [1.807, 2.05) is 0 Å². The van der Waals surface area contributed by atoms with Gasteiger partial charge < -0.3 is 78.4 Å². The highest BCUT2D eigenvalue weighted by Gasteiger charge is 2.77. The van der Waals surface area contributed by atoms with Gasteiger partial charge in [-0.25, -0.2) is 4.79 Å². The summed E-state index contributed by atoms with van der Waals surface area (Å²) in [5.74, 6) is -1.13. The van der Waals surface area contributed by atoms with Gasteiger partial charge >= 0.3 is 5.97 Å². The number of epoxide rings is 1. The summed E-state index contributed by atoms with van der Waals surface area (Å²) in [6.07, 6.45) is -11.7. The van der Waals surface area contributed by atoms with Gasteiger partial charge in [-0.3, -0.25) is 0 Å². The van der Waals surface area contributed by atoms with Crippen molar-refractivity contribution < 1.29 is 83.2 Å². The molecule has 17 nitrogen and oxygen atoms in total. The van der Waals surface area contributed by atoms with Gasteiger partial charge in [0, 0.05) is 12.0 Å². The standard InChI is InChI=1S/C32H42O17/c1-13-26(46-19(35)7-5-14-4-6-16(41-2)17(10-14)42-3)23(38)25(40)30(44-13)47-27-15-8-9-43-29(20(15)32(12-34)28(27)49-32)48-31-24(39)22(37)21(36)18(11-33)45-31/h4-10,13,15,18,20-31,33-34,36-40H,11-12H2,1-3H3. The highest BCUT2D eigenvalue weighted by molar-refractivity contribution is 5.87. The van der Waals surface area contributed by atoms with Crippen molar-refractivity contribution in [1.29, 1.82) is 0 Å². The summed E-state index contributed by atoms with van der Waals surface area (Å²) in [5, 5.41) is 72.8. The molecule has 0 spiro atoms. The van der Waals surface area contributed by atoms with Gasteiger partial charge in [-0.05, 0) is 36.8 Å². The summed E-state index contributed by atoms with van der Waals surface area (Å²) < 4.78 is 50.9. The van der Waals surface area contributed by atoms with E-state index in [1.54, 1.807) is 31.2 Å². The maximum absolute atomic E-state index is 12.7. The smallest absolute Gasteiger partial charge is 0.331 e. The molecule has 272 valence electrons. The first-order valence-corrected chi connectivity index (χ1v) is 15.8. The van der Waals surface area contributed by atoms with Gasteiger partial charge in [0.15, 0.2) is 30.2 Å². The summed E-state index contributed by atoms with van der Waals surface area (Å²) in [4.78, 5) is 12.7. The van der Waals surface area contributed by atoms with Crippen molar-refractivity contribution in [2.24, 2.45) is 11.8 Å². The molecule has 7 N–H and O–H groups in total. The number of aliphatic hydroxyl groups is 7. The van der Waals surface area contributed by atoms with Crippen LogP contribution in [0, 0.1) is 11.8 Å². The molecule has 1 saturated carbocycles. The van der Waals surface area contributed by atoms with E-state index in [-0.39, 0.29) is 0 Å². The number of esters is 1. The van der Waals surface area contributed by atoms with Crippen LogP contribution >= 0.6 is 0 Å². The van der Waals surface area contributed by atoms with Crippen LogP contribution in [0.3, 0.4) is 0 Å². The number of hydrogen-bond acceptors (Lipinski definition) is 17. The van der Waals surface area contributed by atoms with Crippen molar-refractivity contribution in [2.45, 2.75) is 92.4 Å². The van der Waals surface area contributed by atoms with Crippen molar-refractivity contribution >= 4 is 12.0 Å². The fraction of sp³-hybridized carbons (Fsp3) is 0.656. The average molecular weight is 699 g/mol. The summed E-state index contributed by atoms with van der Waals surface area (Å²) >= 11 is 0. The van der Waals surface area contributed by atoms with Crippen molar-refractivity contribution in [2.75, 3.05) is 27.4 Å². The van der Waals surface area contributed by atoms with E-state index in [0.717, 1.165) is 6.08 Å². The SMILES string of the molecule is COc1ccc(C=CC(=O)OC2C(C)OC(OC3C4C=COC(OC5OC(CO)C(O)C(O)C5O)C4C4(CO)OC34)C(O)C2O)cc1OC. The van der Waals surface area contributed by atoms with Crippen LogP contribution in [0.15, 0.2) is 36.6 Å². The molecule has 4 heterocycles. The zero-order valence-corrected chi connectivity index (χ0v) is 26.8. The van der Waals surface area contributed by atoms with E-state index in [4.69, 9.17) is 42.6 Å². The number of hydrogen-bond donors (Lipinski definition) is 7. The molecule has 0 radical (unpaired) electrons. The summed E-state index contributed by atoms with van der Waals surface area (Å²) in [7, 11) is 2.99. The molecule has 0 bridgehead atoms. The van der Waals surface area contributed by atoms with Crippen LogP contribution in [-0.2, 0) is 38.0 Å². The van der Waals surface area contributed by atoms with Crippen molar-refractivity contribution in [3.63, 3.8) is 0 Å². The van der Waals surface area contributed by atoms with Crippen molar-refractivity contribution in [3.8, 4) is 11.5 Å². The first-order chi connectivity index (χ1) is 23.5. The van der Waals surface area contributed by atoms with Crippen LogP contribution in [0.1, 0.15) is 12.5 Å². The normalized spacial score (nSPS) is 44.2. The quantitative estimate of drug-likeness (QED) is 0.0720. The van der Waals surface area contributed by atoms with E-state index in [9.17, 15) is 40.5 Å². The lowest BCUT2D eigenvalue weighted by Gasteiger charge is -2.44. The summed E-state index contributed by atoms with van der Waals surface area (Å²) in [5.41, 5.74) is -0.600. The predicted molar refractivity (Wildman–Crippen MR) is 160 cm³/mol. The predicted octanol–water partition coefficient (Wildman–Crippen LogP) is -2.46. The highest BCUT2D eigenvalue weighted by Crippen LogP contribution is 2.61. The molecule has 0 aromatic heterocycles. The minimum atomic E-state index is -1.70. The van der Waals surface area contributed by atoms with Crippen LogP contribution in [-0.4, -0.2) is 155 Å². The molecule has 1 aromatic rings. The van der Waals surface area contributed by atoms with E-state index >= 15 is 0 Å². The lowest BCUT2D eigenvalue weighted by Crippen LogP contribution is -2.60. The Kier molecular flexibility index (Phi) is 10.5. The van der Waals surface area contributed by atoms with Gasteiger partial charge in [-0.15, -0.1) is 0 Å². The van der Waals surface area contributed by atoms with Gasteiger partial charge in [0.25, 0.3) is 0 Å². The Bertz CT molecular complexity index is 1390. The zero-order valence-electron chi connectivity index (χ0n) is 26.8. The Hall–Kier alpha value is -2.91. The Balaban J connectivity index is 1.10. The van der Waals surface area contributed by atoms with Gasteiger partial charge in [0.05, 0.1) is 51.8 Å². The first-order valence-electron chi connectivity index (χ1n) is 15.8. The van der Waals surface area contributed by atoms with Crippen molar-refractivity contribution in [1.82, 2.24) is 0 Å². The van der Waals surface area contributed by atoms with Crippen LogP contribution in [0.25, 0.3) is 6.08 Å². The number of ether oxygens (including phenoxy) is 9. The van der Waals surface area contributed by atoms with E-state index in [1.165, 1.54) is 26.6 Å². The third kappa shape index (κ3) is 6.55. The van der Waals surface area contributed by atoms with Gasteiger partial charge in [0.1, 0.15) is 48.3 Å². The summed E-state index contributed by atoms with van der Waals surface area (Å²) in [6, 6.07) is 5.04. The average Bonchev–Trinajstić information content (AvgIpc) is 3.78. The third-order valence-corrected chi connectivity index (χ3v) is 9.74.